The molecular formula is C61H109N3O6. The molecule has 2 fully saturated rings. The standard InChI is InChI=1S/C61H109N3O6/c1-5-7-9-11-13-15-17-19-21-23-25-27-29-31-33-39-47-61(48-40-34-32-30-28-26-24-22-20-18-16-14-12-10-8-6-2)69-56(45-50-62-4)57(70-61)46-53-68-52-43-36-35-41-49-63-58(65)44-38-37-42-51-64-59(66)54-55(3)60(64)67/h13-16,19-22,55-57,62H,5-12,17-18,23-54H2,1-4H3,(H,63,65)/b15-13-,16-14-,21-19-,22-20-. The Morgan fingerprint density at radius 1 is 0.586 bits per heavy atom. The number of unbranched alkanes of at least 4 members (excludes halogenated alkanes) is 23. The first kappa shape index (κ1) is 63.5. The first-order valence-corrected chi connectivity index (χ1v) is 29.6. The van der Waals surface area contributed by atoms with Gasteiger partial charge in [-0.15, -0.1) is 0 Å². The van der Waals surface area contributed by atoms with Crippen LogP contribution in [0.3, 0.4) is 0 Å². The van der Waals surface area contributed by atoms with Crippen LogP contribution in [0, 0.1) is 5.92 Å². The summed E-state index contributed by atoms with van der Waals surface area (Å²) >= 11 is 0. The molecule has 9 nitrogen and oxygen atoms in total. The zero-order chi connectivity index (χ0) is 50.4. The second-order valence-corrected chi connectivity index (χ2v) is 20.7. The van der Waals surface area contributed by atoms with Crippen LogP contribution in [0.25, 0.3) is 0 Å². The van der Waals surface area contributed by atoms with Crippen LogP contribution in [0.5, 0.6) is 0 Å². The lowest BCUT2D eigenvalue weighted by atomic mass is 9.98. The maximum atomic E-state index is 12.3. The highest BCUT2D eigenvalue weighted by molar-refractivity contribution is 6.03. The predicted octanol–water partition coefficient (Wildman–Crippen LogP) is 15.5. The van der Waals surface area contributed by atoms with Crippen LogP contribution in [0.15, 0.2) is 48.6 Å². The minimum absolute atomic E-state index is 0.0553. The van der Waals surface area contributed by atoms with Gasteiger partial charge in [0.15, 0.2) is 5.79 Å². The number of imide groups is 1. The summed E-state index contributed by atoms with van der Waals surface area (Å²) in [7, 11) is 2.03. The summed E-state index contributed by atoms with van der Waals surface area (Å²) in [6.07, 6.45) is 60.1. The molecule has 0 spiro atoms. The Morgan fingerprint density at radius 2 is 1.07 bits per heavy atom. The second kappa shape index (κ2) is 45.1. The largest absolute Gasteiger partial charge is 0.381 e. The van der Waals surface area contributed by atoms with E-state index in [0.717, 1.165) is 109 Å². The third-order valence-electron chi connectivity index (χ3n) is 14.2. The molecule has 0 radical (unpaired) electrons. The van der Waals surface area contributed by atoms with Gasteiger partial charge in [-0.3, -0.25) is 19.3 Å². The van der Waals surface area contributed by atoms with Gasteiger partial charge in [-0.05, 0) is 129 Å². The van der Waals surface area contributed by atoms with Gasteiger partial charge in [0.25, 0.3) is 0 Å². The van der Waals surface area contributed by atoms with Crippen LogP contribution in [0.1, 0.15) is 258 Å². The Labute approximate surface area is 431 Å². The Hall–Kier alpha value is -2.59. The summed E-state index contributed by atoms with van der Waals surface area (Å²) in [6.45, 7) is 9.88. The number of hydrogen-bond donors (Lipinski definition) is 2. The zero-order valence-electron chi connectivity index (χ0n) is 45.9. The van der Waals surface area contributed by atoms with Gasteiger partial charge in [-0.2, -0.15) is 0 Å². The van der Waals surface area contributed by atoms with Gasteiger partial charge in [0.2, 0.25) is 17.7 Å². The van der Waals surface area contributed by atoms with E-state index in [4.69, 9.17) is 14.2 Å². The molecule has 2 aliphatic rings. The van der Waals surface area contributed by atoms with E-state index in [2.05, 4.69) is 73.1 Å². The van der Waals surface area contributed by atoms with E-state index in [9.17, 15) is 14.4 Å². The molecule has 0 aromatic heterocycles. The van der Waals surface area contributed by atoms with Crippen molar-refractivity contribution in [3.63, 3.8) is 0 Å². The molecule has 2 N–H and O–H groups in total. The fourth-order valence-corrected chi connectivity index (χ4v) is 9.75. The Bertz CT molecular complexity index is 1350. The van der Waals surface area contributed by atoms with E-state index >= 15 is 0 Å². The average molecular weight is 981 g/mol. The number of hydrogen-bond acceptors (Lipinski definition) is 7. The molecule has 0 aromatic carbocycles. The minimum Gasteiger partial charge on any atom is -0.381 e. The van der Waals surface area contributed by atoms with Crippen molar-refractivity contribution < 1.29 is 28.6 Å². The summed E-state index contributed by atoms with van der Waals surface area (Å²) in [4.78, 5) is 37.7. The lowest BCUT2D eigenvalue weighted by molar-refractivity contribution is -0.187. The molecule has 2 rings (SSSR count). The van der Waals surface area contributed by atoms with Gasteiger partial charge in [-0.1, -0.05) is 166 Å². The highest BCUT2D eigenvalue weighted by Gasteiger charge is 2.46. The van der Waals surface area contributed by atoms with Crippen LogP contribution in [-0.4, -0.2) is 80.5 Å². The summed E-state index contributed by atoms with van der Waals surface area (Å²) in [5, 5.41) is 6.41. The van der Waals surface area contributed by atoms with Crippen molar-refractivity contribution in [1.82, 2.24) is 15.5 Å². The molecule has 2 aliphatic heterocycles. The van der Waals surface area contributed by atoms with Crippen molar-refractivity contribution in [2.45, 2.75) is 276 Å². The number of nitrogens with zero attached hydrogens (tertiary/aromatic N) is 1. The monoisotopic (exact) mass is 980 g/mol. The number of rotatable bonds is 49. The van der Waals surface area contributed by atoms with Crippen LogP contribution in [-0.2, 0) is 28.6 Å². The number of ether oxygens (including phenoxy) is 3. The summed E-state index contributed by atoms with van der Waals surface area (Å²) < 4.78 is 20.3. The normalized spacial score (nSPS) is 18.4. The van der Waals surface area contributed by atoms with E-state index in [-0.39, 0.29) is 35.8 Å². The molecule has 3 amide bonds. The fraction of sp³-hybridized carbons (Fsp3) is 0.820. The van der Waals surface area contributed by atoms with Crippen LogP contribution < -0.4 is 10.6 Å². The molecule has 2 heterocycles. The first-order chi connectivity index (χ1) is 34.4. The van der Waals surface area contributed by atoms with Gasteiger partial charge >= 0.3 is 0 Å². The molecule has 404 valence electrons. The van der Waals surface area contributed by atoms with E-state index < -0.39 is 5.79 Å². The third-order valence-corrected chi connectivity index (χ3v) is 14.2. The number of amides is 3. The number of likely N-dealkylation sites (tertiary alicyclic amines) is 1. The fourth-order valence-electron chi connectivity index (χ4n) is 9.75. The van der Waals surface area contributed by atoms with Crippen molar-refractivity contribution in [2.75, 3.05) is 39.9 Å². The van der Waals surface area contributed by atoms with Crippen molar-refractivity contribution in [3.8, 4) is 0 Å². The molecule has 0 bridgehead atoms. The van der Waals surface area contributed by atoms with Crippen molar-refractivity contribution in [1.29, 1.82) is 0 Å². The summed E-state index contributed by atoms with van der Waals surface area (Å²) in [5.74, 6) is -0.696. The Balaban J connectivity index is 1.69. The summed E-state index contributed by atoms with van der Waals surface area (Å²) in [6, 6.07) is 0. The van der Waals surface area contributed by atoms with Crippen LogP contribution in [0.2, 0.25) is 0 Å². The van der Waals surface area contributed by atoms with E-state index in [1.807, 2.05) is 14.0 Å². The highest BCUT2D eigenvalue weighted by Crippen LogP contribution is 2.40. The van der Waals surface area contributed by atoms with Gasteiger partial charge in [0.05, 0.1) is 12.2 Å². The smallest absolute Gasteiger partial charge is 0.232 e. The second-order valence-electron chi connectivity index (χ2n) is 20.7. The van der Waals surface area contributed by atoms with E-state index in [0.29, 0.717) is 32.5 Å². The van der Waals surface area contributed by atoms with Gasteiger partial charge in [0, 0.05) is 57.9 Å². The van der Waals surface area contributed by atoms with E-state index in [1.165, 1.54) is 133 Å². The Kier molecular flexibility index (Phi) is 40.9. The topological polar surface area (TPSA) is 106 Å². The van der Waals surface area contributed by atoms with Crippen molar-refractivity contribution >= 4 is 17.7 Å². The SMILES string of the molecule is CCCCC/C=C\C/C=C\CCCCCCCCC1(CCCCCCCC/C=C\C/C=C\CCCCC)OC(CCNC)C(CCOCCCCCCNC(=O)CCCCCN2C(=O)CC(C)C2=O)O1. The van der Waals surface area contributed by atoms with Crippen molar-refractivity contribution in [2.24, 2.45) is 5.92 Å². The molecular weight excluding hydrogens is 871 g/mol. The maximum Gasteiger partial charge on any atom is 0.232 e. The predicted molar refractivity (Wildman–Crippen MR) is 295 cm³/mol. The molecule has 3 atom stereocenters. The quantitative estimate of drug-likeness (QED) is 0.0355. The third kappa shape index (κ3) is 33.2. The molecule has 2 saturated heterocycles. The molecule has 0 aliphatic carbocycles. The van der Waals surface area contributed by atoms with Crippen LogP contribution in [0.4, 0.5) is 0 Å². The Morgan fingerprint density at radius 3 is 1.60 bits per heavy atom. The first-order valence-electron chi connectivity index (χ1n) is 29.6. The maximum absolute atomic E-state index is 12.3. The molecule has 9 heteroatoms. The van der Waals surface area contributed by atoms with E-state index in [1.54, 1.807) is 0 Å². The number of carbonyl (C=O) groups excluding carboxylic acids is 3. The lowest BCUT2D eigenvalue weighted by Crippen LogP contribution is -2.31. The van der Waals surface area contributed by atoms with Crippen LogP contribution >= 0.6 is 0 Å². The highest BCUT2D eigenvalue weighted by atomic mass is 16.8. The zero-order valence-corrected chi connectivity index (χ0v) is 45.9. The molecule has 0 saturated carbocycles. The molecule has 70 heavy (non-hydrogen) atoms. The molecule has 3 unspecified atom stereocenters. The van der Waals surface area contributed by atoms with Gasteiger partial charge in [0.1, 0.15) is 0 Å². The van der Waals surface area contributed by atoms with Gasteiger partial charge < -0.3 is 24.8 Å². The average Bonchev–Trinajstić information content (AvgIpc) is 3.83. The van der Waals surface area contributed by atoms with Crippen molar-refractivity contribution in [3.05, 3.63) is 48.6 Å². The molecule has 0 aromatic rings. The number of carbonyl (C=O) groups is 3. The number of allylic oxidation sites excluding steroid dienone is 8. The lowest BCUT2D eigenvalue weighted by Gasteiger charge is -2.29. The van der Waals surface area contributed by atoms with Gasteiger partial charge in [-0.25, -0.2) is 0 Å². The minimum atomic E-state index is -0.474. The number of nitrogens with one attached hydrogen (secondary N) is 2. The summed E-state index contributed by atoms with van der Waals surface area (Å²) in [5.41, 5.74) is 0.